The first kappa shape index (κ1) is 17.8. The number of halogens is 1. The van der Waals surface area contributed by atoms with Crippen molar-refractivity contribution in [2.24, 2.45) is 0 Å². The van der Waals surface area contributed by atoms with Gasteiger partial charge in [-0.1, -0.05) is 53.6 Å². The predicted molar refractivity (Wildman–Crippen MR) is 101 cm³/mol. The molecular weight excluding hydrogens is 352 g/mol. The lowest BCUT2D eigenvalue weighted by Crippen LogP contribution is -2.34. The SMILES string of the molecule is Cc1ccc(-c2cnn(C(C)C(=O)Nc3ccccc3Cl)c(=O)n2)cc1. The van der Waals surface area contributed by atoms with Crippen molar-refractivity contribution >= 4 is 23.2 Å². The topological polar surface area (TPSA) is 76.9 Å². The van der Waals surface area contributed by atoms with Gasteiger partial charge in [0.15, 0.2) is 0 Å². The number of hydrogen-bond donors (Lipinski definition) is 1. The maximum atomic E-state index is 12.4. The number of nitrogens with one attached hydrogen (secondary N) is 1. The Bertz CT molecular complexity index is 999. The Kier molecular flexibility index (Phi) is 5.14. The van der Waals surface area contributed by atoms with Crippen LogP contribution in [0.25, 0.3) is 11.3 Å². The highest BCUT2D eigenvalue weighted by Gasteiger charge is 2.19. The van der Waals surface area contributed by atoms with Crippen LogP contribution in [0.5, 0.6) is 0 Å². The van der Waals surface area contributed by atoms with E-state index in [-0.39, 0.29) is 0 Å². The molecule has 0 fully saturated rings. The van der Waals surface area contributed by atoms with Crippen molar-refractivity contribution < 1.29 is 4.79 Å². The first-order valence-electron chi connectivity index (χ1n) is 8.04. The Morgan fingerprint density at radius 1 is 1.15 bits per heavy atom. The van der Waals surface area contributed by atoms with Gasteiger partial charge in [-0.2, -0.15) is 10.1 Å². The van der Waals surface area contributed by atoms with Gasteiger partial charge in [0.05, 0.1) is 22.6 Å². The molecule has 6 nitrogen and oxygen atoms in total. The molecule has 0 saturated carbocycles. The van der Waals surface area contributed by atoms with Crippen LogP contribution in [-0.2, 0) is 4.79 Å². The largest absolute Gasteiger partial charge is 0.365 e. The lowest BCUT2D eigenvalue weighted by atomic mass is 10.1. The minimum atomic E-state index is -0.835. The average Bonchev–Trinajstić information content (AvgIpc) is 2.63. The van der Waals surface area contributed by atoms with Crippen LogP contribution in [0.4, 0.5) is 5.69 Å². The quantitative estimate of drug-likeness (QED) is 0.765. The third-order valence-corrected chi connectivity index (χ3v) is 4.27. The third kappa shape index (κ3) is 3.81. The summed E-state index contributed by atoms with van der Waals surface area (Å²) in [4.78, 5) is 28.8. The third-order valence-electron chi connectivity index (χ3n) is 3.94. The molecule has 132 valence electrons. The Morgan fingerprint density at radius 3 is 2.50 bits per heavy atom. The van der Waals surface area contributed by atoms with E-state index in [1.807, 2.05) is 31.2 Å². The Hall–Kier alpha value is -2.99. The normalized spacial score (nSPS) is 11.8. The highest BCUT2D eigenvalue weighted by molar-refractivity contribution is 6.33. The van der Waals surface area contributed by atoms with Gasteiger partial charge in [-0.25, -0.2) is 9.48 Å². The molecule has 1 aromatic heterocycles. The smallest absolute Gasteiger partial charge is 0.323 e. The number of amides is 1. The van der Waals surface area contributed by atoms with E-state index in [9.17, 15) is 9.59 Å². The number of para-hydroxylation sites is 1. The lowest BCUT2D eigenvalue weighted by molar-refractivity contribution is -0.119. The molecule has 26 heavy (non-hydrogen) atoms. The molecule has 0 radical (unpaired) electrons. The van der Waals surface area contributed by atoms with Gasteiger partial charge in [-0.15, -0.1) is 0 Å². The monoisotopic (exact) mass is 368 g/mol. The molecule has 0 spiro atoms. The first-order chi connectivity index (χ1) is 12.5. The Balaban J connectivity index is 1.82. The van der Waals surface area contributed by atoms with Crippen LogP contribution in [0.15, 0.2) is 59.5 Å². The molecule has 1 heterocycles. The van der Waals surface area contributed by atoms with Crippen molar-refractivity contribution in [2.75, 3.05) is 5.32 Å². The zero-order valence-corrected chi connectivity index (χ0v) is 15.1. The van der Waals surface area contributed by atoms with Gasteiger partial charge in [-0.3, -0.25) is 4.79 Å². The van der Waals surface area contributed by atoms with Crippen molar-refractivity contribution in [3.8, 4) is 11.3 Å². The summed E-state index contributed by atoms with van der Waals surface area (Å²) >= 11 is 6.04. The zero-order chi connectivity index (χ0) is 18.7. The maximum absolute atomic E-state index is 12.4. The van der Waals surface area contributed by atoms with E-state index in [1.165, 1.54) is 6.20 Å². The highest BCUT2D eigenvalue weighted by Crippen LogP contribution is 2.21. The van der Waals surface area contributed by atoms with Crippen molar-refractivity contribution in [1.82, 2.24) is 14.8 Å². The fraction of sp³-hybridized carbons (Fsp3) is 0.158. The number of aryl methyl sites for hydroxylation is 1. The van der Waals surface area contributed by atoms with Gasteiger partial charge >= 0.3 is 5.69 Å². The van der Waals surface area contributed by atoms with E-state index in [0.29, 0.717) is 16.4 Å². The van der Waals surface area contributed by atoms with E-state index in [2.05, 4.69) is 15.4 Å². The molecule has 0 bridgehead atoms. The molecule has 1 atom stereocenters. The fourth-order valence-electron chi connectivity index (χ4n) is 2.39. The summed E-state index contributed by atoms with van der Waals surface area (Å²) in [7, 11) is 0. The summed E-state index contributed by atoms with van der Waals surface area (Å²) in [5, 5.41) is 7.22. The molecule has 0 aliphatic rings. The van der Waals surface area contributed by atoms with Gasteiger partial charge in [0.1, 0.15) is 6.04 Å². The molecule has 1 N–H and O–H groups in total. The highest BCUT2D eigenvalue weighted by atomic mass is 35.5. The number of anilines is 1. The maximum Gasteiger partial charge on any atom is 0.365 e. The standard InChI is InChI=1S/C19H17ClN4O2/c1-12-7-9-14(10-8-12)17-11-21-24(19(26)23-17)13(2)18(25)22-16-6-4-3-5-15(16)20/h3-11,13H,1-2H3,(H,22,25). The minimum absolute atomic E-state index is 0.405. The number of carbonyl (C=O) groups excluding carboxylic acids is 1. The summed E-state index contributed by atoms with van der Waals surface area (Å²) in [6.07, 6.45) is 1.48. The average molecular weight is 369 g/mol. The molecule has 0 aliphatic heterocycles. The van der Waals surface area contributed by atoms with E-state index in [0.717, 1.165) is 15.8 Å². The van der Waals surface area contributed by atoms with E-state index in [1.54, 1.807) is 31.2 Å². The van der Waals surface area contributed by atoms with E-state index < -0.39 is 17.6 Å². The van der Waals surface area contributed by atoms with E-state index >= 15 is 0 Å². The molecule has 3 rings (SSSR count). The zero-order valence-electron chi connectivity index (χ0n) is 14.3. The van der Waals surface area contributed by atoms with Crippen LogP contribution in [0, 0.1) is 6.92 Å². The summed E-state index contributed by atoms with van der Waals surface area (Å²) in [6, 6.07) is 13.7. The molecule has 3 aromatic rings. The van der Waals surface area contributed by atoms with Gasteiger partial charge in [-0.05, 0) is 26.0 Å². The van der Waals surface area contributed by atoms with Crippen molar-refractivity contribution in [3.05, 3.63) is 75.8 Å². The number of aromatic nitrogens is 3. The van der Waals surface area contributed by atoms with Gasteiger partial charge in [0, 0.05) is 5.56 Å². The number of hydrogen-bond acceptors (Lipinski definition) is 4. The Morgan fingerprint density at radius 2 is 1.85 bits per heavy atom. The minimum Gasteiger partial charge on any atom is -0.323 e. The summed E-state index contributed by atoms with van der Waals surface area (Å²) in [5.74, 6) is -0.405. The molecule has 7 heteroatoms. The van der Waals surface area contributed by atoms with Crippen molar-refractivity contribution in [3.63, 3.8) is 0 Å². The van der Waals surface area contributed by atoms with Crippen LogP contribution in [0.2, 0.25) is 5.02 Å². The van der Waals surface area contributed by atoms with Crippen LogP contribution < -0.4 is 11.0 Å². The molecule has 0 saturated heterocycles. The molecule has 1 amide bonds. The van der Waals surface area contributed by atoms with Crippen LogP contribution in [0.3, 0.4) is 0 Å². The van der Waals surface area contributed by atoms with Crippen molar-refractivity contribution in [2.45, 2.75) is 19.9 Å². The van der Waals surface area contributed by atoms with Gasteiger partial charge in [0.2, 0.25) is 5.91 Å². The summed E-state index contributed by atoms with van der Waals surface area (Å²) in [6.45, 7) is 3.56. The fourth-order valence-corrected chi connectivity index (χ4v) is 2.57. The van der Waals surface area contributed by atoms with Crippen LogP contribution in [0.1, 0.15) is 18.5 Å². The molecule has 0 aliphatic carbocycles. The lowest BCUT2D eigenvalue weighted by Gasteiger charge is -2.14. The predicted octanol–water partition coefficient (Wildman–Crippen LogP) is 3.47. The summed E-state index contributed by atoms with van der Waals surface area (Å²) in [5.41, 5.74) is 2.25. The molecule has 2 aromatic carbocycles. The number of rotatable bonds is 4. The summed E-state index contributed by atoms with van der Waals surface area (Å²) < 4.78 is 1.05. The second kappa shape index (κ2) is 7.49. The van der Waals surface area contributed by atoms with Crippen LogP contribution >= 0.6 is 11.6 Å². The number of nitrogens with zero attached hydrogens (tertiary/aromatic N) is 3. The van der Waals surface area contributed by atoms with Crippen molar-refractivity contribution in [1.29, 1.82) is 0 Å². The second-order valence-corrected chi connectivity index (χ2v) is 6.29. The number of carbonyl (C=O) groups is 1. The molecular formula is C19H17ClN4O2. The Labute approximate surface area is 155 Å². The van der Waals surface area contributed by atoms with Gasteiger partial charge in [0.25, 0.3) is 0 Å². The second-order valence-electron chi connectivity index (χ2n) is 5.88. The van der Waals surface area contributed by atoms with Crippen LogP contribution in [-0.4, -0.2) is 20.7 Å². The van der Waals surface area contributed by atoms with Gasteiger partial charge < -0.3 is 5.32 Å². The van der Waals surface area contributed by atoms with E-state index in [4.69, 9.17) is 11.6 Å². The number of benzene rings is 2. The first-order valence-corrected chi connectivity index (χ1v) is 8.42. The molecule has 1 unspecified atom stereocenters.